The monoisotopic (exact) mass is 527 g/mol. The lowest BCUT2D eigenvalue weighted by Crippen LogP contribution is -2.58. The molecule has 3 aliphatic heterocycles. The summed E-state index contributed by atoms with van der Waals surface area (Å²) >= 11 is 0. The quantitative estimate of drug-likeness (QED) is 0.400. The molecule has 7 rings (SSSR count). The minimum absolute atomic E-state index is 0.136. The van der Waals surface area contributed by atoms with Crippen molar-refractivity contribution in [2.24, 2.45) is 5.41 Å². The molecule has 2 aromatic heterocycles. The van der Waals surface area contributed by atoms with Crippen LogP contribution in [-0.4, -0.2) is 84.6 Å². The number of methoxy groups -OCH3 is 1. The number of anilines is 1. The van der Waals surface area contributed by atoms with Crippen molar-refractivity contribution in [3.63, 3.8) is 0 Å². The van der Waals surface area contributed by atoms with Crippen LogP contribution < -0.4 is 19.7 Å². The van der Waals surface area contributed by atoms with E-state index >= 15 is 0 Å². The van der Waals surface area contributed by atoms with Crippen LogP contribution in [0.1, 0.15) is 31.2 Å². The summed E-state index contributed by atoms with van der Waals surface area (Å²) in [5, 5.41) is 13.0. The minimum atomic E-state index is 0.136. The zero-order valence-electron chi connectivity index (χ0n) is 23.1. The summed E-state index contributed by atoms with van der Waals surface area (Å²) in [6, 6.07) is 8.94. The third kappa shape index (κ3) is 4.37. The van der Waals surface area contributed by atoms with Gasteiger partial charge in [0.05, 0.1) is 24.3 Å². The van der Waals surface area contributed by atoms with Gasteiger partial charge in [-0.15, -0.1) is 0 Å². The molecule has 0 radical (unpaired) electrons. The fourth-order valence-electron chi connectivity index (χ4n) is 6.54. The molecule has 0 saturated carbocycles. The summed E-state index contributed by atoms with van der Waals surface area (Å²) in [5.41, 5.74) is 5.61. The van der Waals surface area contributed by atoms with Crippen molar-refractivity contribution in [2.45, 2.75) is 38.7 Å². The maximum Gasteiger partial charge on any atom is 0.319 e. The molecule has 2 aromatic carbocycles. The molecule has 0 aliphatic carbocycles. The summed E-state index contributed by atoms with van der Waals surface area (Å²) in [6.07, 6.45) is 6.35. The van der Waals surface area contributed by atoms with Gasteiger partial charge in [-0.2, -0.15) is 15.1 Å². The molecule has 5 heterocycles. The minimum Gasteiger partial charge on any atom is -0.496 e. The highest BCUT2D eigenvalue weighted by molar-refractivity contribution is 6.02. The SMILES string of the molecule is COc1cc2c(N3CCC4(CC3)CNC4)nc(OC3CCN(C)CC3)nc2cc1-c1c(C)ccc2[nH]ncc12. The van der Waals surface area contributed by atoms with Gasteiger partial charge in [-0.3, -0.25) is 5.10 Å². The molecule has 0 amide bonds. The highest BCUT2D eigenvalue weighted by Gasteiger charge is 2.40. The van der Waals surface area contributed by atoms with Crippen LogP contribution in [0.3, 0.4) is 0 Å². The summed E-state index contributed by atoms with van der Waals surface area (Å²) < 4.78 is 12.5. The van der Waals surface area contributed by atoms with Crippen molar-refractivity contribution in [2.75, 3.05) is 58.3 Å². The molecule has 0 bridgehead atoms. The number of fused-ring (bicyclic) bond motifs is 2. The number of hydrogen-bond acceptors (Lipinski definition) is 8. The summed E-state index contributed by atoms with van der Waals surface area (Å²) in [6.45, 7) is 8.42. The van der Waals surface area contributed by atoms with E-state index in [4.69, 9.17) is 19.4 Å². The van der Waals surface area contributed by atoms with E-state index in [1.807, 2.05) is 6.20 Å². The topological polar surface area (TPSA) is 91.4 Å². The van der Waals surface area contributed by atoms with Crippen molar-refractivity contribution in [3.05, 3.63) is 36.0 Å². The molecule has 3 fully saturated rings. The van der Waals surface area contributed by atoms with Gasteiger partial charge in [-0.05, 0) is 74.4 Å². The smallest absolute Gasteiger partial charge is 0.319 e. The van der Waals surface area contributed by atoms with E-state index in [2.05, 4.69) is 63.6 Å². The number of benzene rings is 2. The highest BCUT2D eigenvalue weighted by atomic mass is 16.5. The molecule has 1 spiro atoms. The molecule has 39 heavy (non-hydrogen) atoms. The van der Waals surface area contributed by atoms with Crippen molar-refractivity contribution in [3.8, 4) is 22.9 Å². The number of aryl methyl sites for hydroxylation is 1. The summed E-state index contributed by atoms with van der Waals surface area (Å²) in [7, 11) is 3.90. The van der Waals surface area contributed by atoms with Gasteiger partial charge in [-0.1, -0.05) is 6.07 Å². The maximum absolute atomic E-state index is 6.47. The number of hydrogen-bond donors (Lipinski definition) is 2. The maximum atomic E-state index is 6.47. The fraction of sp³-hybridized carbons (Fsp3) is 0.500. The molecular formula is C30H37N7O2. The van der Waals surface area contributed by atoms with Crippen LogP contribution in [0.15, 0.2) is 30.5 Å². The lowest BCUT2D eigenvalue weighted by atomic mass is 9.73. The number of piperidine rings is 2. The van der Waals surface area contributed by atoms with Gasteiger partial charge in [0.1, 0.15) is 17.7 Å². The number of aromatic nitrogens is 4. The van der Waals surface area contributed by atoms with Crippen LogP contribution >= 0.6 is 0 Å². The van der Waals surface area contributed by atoms with Crippen LogP contribution in [0.4, 0.5) is 5.82 Å². The molecule has 3 aliphatic rings. The standard InChI is InChI=1S/C30H37N7O2/c1-19-4-5-24-23(16-32-35-24)27(19)22-14-25-21(15-26(22)38-3)28(37-12-8-30(9-13-37)17-31-18-30)34-29(33-25)39-20-6-10-36(2)11-7-20/h4-5,14-16,20,31H,6-13,17-18H2,1-3H3,(H,32,35). The van der Waals surface area contributed by atoms with Gasteiger partial charge < -0.3 is 24.6 Å². The van der Waals surface area contributed by atoms with Crippen molar-refractivity contribution in [1.29, 1.82) is 0 Å². The predicted octanol–water partition coefficient (Wildman–Crippen LogP) is 4.15. The van der Waals surface area contributed by atoms with Gasteiger partial charge in [0.2, 0.25) is 0 Å². The van der Waals surface area contributed by atoms with Crippen molar-refractivity contribution < 1.29 is 9.47 Å². The Morgan fingerprint density at radius 1 is 1.00 bits per heavy atom. The largest absolute Gasteiger partial charge is 0.496 e. The van der Waals surface area contributed by atoms with Crippen LogP contribution in [0.25, 0.3) is 32.9 Å². The number of nitrogens with zero attached hydrogens (tertiary/aromatic N) is 5. The second-order valence-electron chi connectivity index (χ2n) is 11.7. The Morgan fingerprint density at radius 2 is 1.79 bits per heavy atom. The Hall–Kier alpha value is -3.43. The van der Waals surface area contributed by atoms with Crippen LogP contribution in [0.5, 0.6) is 11.8 Å². The molecule has 0 unspecified atom stereocenters. The molecular weight excluding hydrogens is 490 g/mol. The van der Waals surface area contributed by atoms with E-state index < -0.39 is 0 Å². The van der Waals surface area contributed by atoms with E-state index in [0.29, 0.717) is 11.4 Å². The van der Waals surface area contributed by atoms with E-state index in [1.54, 1.807) is 7.11 Å². The Kier molecular flexibility index (Phi) is 6.08. The van der Waals surface area contributed by atoms with E-state index in [-0.39, 0.29) is 6.10 Å². The van der Waals surface area contributed by atoms with Crippen LogP contribution in [-0.2, 0) is 0 Å². The number of H-pyrrole nitrogens is 1. The molecule has 204 valence electrons. The van der Waals surface area contributed by atoms with E-state index in [1.165, 1.54) is 12.8 Å². The van der Waals surface area contributed by atoms with Crippen LogP contribution in [0.2, 0.25) is 0 Å². The lowest BCUT2D eigenvalue weighted by molar-refractivity contribution is 0.105. The molecule has 9 nitrogen and oxygen atoms in total. The molecule has 0 atom stereocenters. The summed E-state index contributed by atoms with van der Waals surface area (Å²) in [5.74, 6) is 1.76. The summed E-state index contributed by atoms with van der Waals surface area (Å²) in [4.78, 5) is 14.8. The van der Waals surface area contributed by atoms with E-state index in [0.717, 1.165) is 102 Å². The highest BCUT2D eigenvalue weighted by Crippen LogP contribution is 2.43. The zero-order chi connectivity index (χ0) is 26.6. The predicted molar refractivity (Wildman–Crippen MR) is 154 cm³/mol. The first-order valence-electron chi connectivity index (χ1n) is 14.2. The zero-order valence-corrected chi connectivity index (χ0v) is 23.1. The van der Waals surface area contributed by atoms with Gasteiger partial charge >= 0.3 is 6.01 Å². The lowest BCUT2D eigenvalue weighted by Gasteiger charge is -2.48. The number of rotatable bonds is 5. The number of nitrogens with one attached hydrogen (secondary N) is 2. The Bertz CT molecular complexity index is 1510. The average molecular weight is 528 g/mol. The Balaban J connectivity index is 1.34. The first-order chi connectivity index (χ1) is 19.0. The van der Waals surface area contributed by atoms with Gasteiger partial charge in [0.15, 0.2) is 0 Å². The van der Waals surface area contributed by atoms with Crippen molar-refractivity contribution in [1.82, 2.24) is 30.4 Å². The average Bonchev–Trinajstić information content (AvgIpc) is 3.41. The van der Waals surface area contributed by atoms with E-state index in [9.17, 15) is 0 Å². The van der Waals surface area contributed by atoms with Gasteiger partial charge in [-0.25, -0.2) is 0 Å². The fourth-order valence-corrected chi connectivity index (χ4v) is 6.54. The normalized spacial score (nSPS) is 20.0. The number of likely N-dealkylation sites (tertiary alicyclic amines) is 1. The molecule has 9 heteroatoms. The molecule has 3 saturated heterocycles. The Labute approximate surface area is 228 Å². The second kappa shape index (κ2) is 9.64. The molecule has 4 aromatic rings. The first-order valence-corrected chi connectivity index (χ1v) is 14.2. The molecule has 2 N–H and O–H groups in total. The number of ether oxygens (including phenoxy) is 2. The van der Waals surface area contributed by atoms with Crippen molar-refractivity contribution >= 4 is 27.6 Å². The van der Waals surface area contributed by atoms with Crippen LogP contribution in [0, 0.1) is 12.3 Å². The first kappa shape index (κ1) is 24.6. The third-order valence-corrected chi connectivity index (χ3v) is 9.14. The van der Waals surface area contributed by atoms with Gasteiger partial charge in [0.25, 0.3) is 0 Å². The second-order valence-corrected chi connectivity index (χ2v) is 11.7. The Morgan fingerprint density at radius 3 is 2.51 bits per heavy atom. The third-order valence-electron chi connectivity index (χ3n) is 9.14. The van der Waals surface area contributed by atoms with Gasteiger partial charge in [0, 0.05) is 55.6 Å². The number of aromatic amines is 1.